The van der Waals surface area contributed by atoms with Crippen molar-refractivity contribution in [2.45, 2.75) is 63.8 Å². The second kappa shape index (κ2) is 21.7. The molecule has 60 heavy (non-hydrogen) atoms. The monoisotopic (exact) mass is 846 g/mol. The van der Waals surface area contributed by atoms with Crippen LogP contribution >= 0.6 is 0 Å². The number of carbonyl (C=O) groups is 6. The van der Waals surface area contributed by atoms with Crippen LogP contribution in [0.25, 0.3) is 0 Å². The number of nitrogens with zero attached hydrogens (tertiary/aromatic N) is 2. The largest absolute Gasteiger partial charge is 0.491 e. The minimum Gasteiger partial charge on any atom is -0.423 e. The summed E-state index contributed by atoms with van der Waals surface area (Å²) in [5.41, 5.74) is 3.29. The van der Waals surface area contributed by atoms with E-state index in [1.165, 1.54) is 13.5 Å². The molecule has 0 saturated carbocycles. The van der Waals surface area contributed by atoms with E-state index in [-0.39, 0.29) is 29.9 Å². The van der Waals surface area contributed by atoms with Crippen LogP contribution in [0, 0.1) is 29.1 Å². The molecule has 15 nitrogen and oxygen atoms in total. The Hall–Kier alpha value is -5.38. The fourth-order valence-electron chi connectivity index (χ4n) is 6.27. The number of rotatable bonds is 9. The molecule has 3 amide bonds. The number of imide groups is 1. The van der Waals surface area contributed by atoms with Gasteiger partial charge in [-0.05, 0) is 74.1 Å². The zero-order valence-electron chi connectivity index (χ0n) is 32.6. The molecule has 4 N–H and O–H groups in total. The van der Waals surface area contributed by atoms with Crippen molar-refractivity contribution in [1.29, 1.82) is 0 Å². The number of nitrogens with one attached hydrogen (secondary N) is 2. The summed E-state index contributed by atoms with van der Waals surface area (Å²) in [4.78, 5) is 73.1. The van der Waals surface area contributed by atoms with E-state index in [4.69, 9.17) is 9.31 Å². The lowest BCUT2D eigenvalue weighted by molar-refractivity contribution is -0.197. The Morgan fingerprint density at radius 2 is 1.43 bits per heavy atom. The molecule has 320 valence electrons. The predicted octanol–water partition coefficient (Wildman–Crippen LogP) is 0.770. The summed E-state index contributed by atoms with van der Waals surface area (Å²) < 4.78 is 76.9. The van der Waals surface area contributed by atoms with Gasteiger partial charge in [-0.1, -0.05) is 24.3 Å². The van der Waals surface area contributed by atoms with E-state index in [2.05, 4.69) is 20.4 Å². The van der Waals surface area contributed by atoms with Crippen LogP contribution in [0.5, 0.6) is 0 Å². The van der Waals surface area contributed by atoms with Crippen LogP contribution in [0.3, 0.4) is 0 Å². The number of hydroxylamine groups is 2. The Kier molecular flexibility index (Phi) is 17.1. The normalized spacial score (nSPS) is 17.0. The molecule has 0 spiro atoms. The van der Waals surface area contributed by atoms with Crippen molar-refractivity contribution >= 4 is 61.4 Å². The molecule has 0 aromatic heterocycles. The highest BCUT2D eigenvalue weighted by atomic mass is 19.2. The smallest absolute Gasteiger partial charge is 0.423 e. The Balaban J connectivity index is 0.000000195. The van der Waals surface area contributed by atoms with Gasteiger partial charge in [0.15, 0.2) is 23.3 Å². The maximum atomic E-state index is 13.7. The minimum absolute atomic E-state index is 0.119. The number of likely N-dealkylation sites (tertiary alicyclic amines) is 1. The van der Waals surface area contributed by atoms with Crippen molar-refractivity contribution in [2.75, 3.05) is 27.7 Å². The van der Waals surface area contributed by atoms with Gasteiger partial charge in [0.05, 0.1) is 25.7 Å². The van der Waals surface area contributed by atoms with Crippen LogP contribution < -0.4 is 21.6 Å². The second-order valence-corrected chi connectivity index (χ2v) is 13.7. The van der Waals surface area contributed by atoms with E-state index < -0.39 is 85.6 Å². The topological polar surface area (TPSA) is 201 Å². The third-order valence-electron chi connectivity index (χ3n) is 9.77. The van der Waals surface area contributed by atoms with Gasteiger partial charge in [-0.15, -0.1) is 5.06 Å². The Labute approximate surface area is 341 Å². The van der Waals surface area contributed by atoms with Gasteiger partial charge in [0, 0.05) is 42.6 Å². The first-order valence-corrected chi connectivity index (χ1v) is 18.5. The summed E-state index contributed by atoms with van der Waals surface area (Å²) in [5, 5.41) is 24.0. The summed E-state index contributed by atoms with van der Waals surface area (Å²) in [6.45, 7) is 1.92. The molecular formula is C38H41B2F5N4O11. The molecule has 4 aliphatic heterocycles. The van der Waals surface area contributed by atoms with Crippen LogP contribution in [0.1, 0.15) is 69.5 Å². The molecule has 2 atom stereocenters. The molecule has 3 aromatic rings. The first-order valence-electron chi connectivity index (χ1n) is 18.5. The summed E-state index contributed by atoms with van der Waals surface area (Å²) in [5.74, 6) is -13.2. The molecule has 7 rings (SSSR count). The average Bonchev–Trinajstić information content (AvgIpc) is 4.04. The Morgan fingerprint density at radius 3 is 1.92 bits per heavy atom. The van der Waals surface area contributed by atoms with Crippen molar-refractivity contribution in [3.05, 3.63) is 93.3 Å². The fraction of sp³-hybridized carbons (Fsp3) is 0.368. The highest BCUT2D eigenvalue weighted by Crippen LogP contribution is 2.25. The van der Waals surface area contributed by atoms with E-state index in [0.717, 1.165) is 36.7 Å². The van der Waals surface area contributed by atoms with Gasteiger partial charge in [0.25, 0.3) is 17.7 Å². The van der Waals surface area contributed by atoms with E-state index in [0.29, 0.717) is 35.3 Å². The zero-order chi connectivity index (χ0) is 44.3. The lowest BCUT2D eigenvalue weighted by Crippen LogP contribution is -2.36. The first kappa shape index (κ1) is 47.3. The number of aldehydes is 2. The average molecular weight is 846 g/mol. The summed E-state index contributed by atoms with van der Waals surface area (Å²) >= 11 is 0. The first-order chi connectivity index (χ1) is 28.5. The van der Waals surface area contributed by atoms with Crippen LogP contribution in [-0.4, -0.2) is 110 Å². The molecule has 0 aliphatic carbocycles. The van der Waals surface area contributed by atoms with E-state index >= 15 is 0 Å². The lowest BCUT2D eigenvalue weighted by Gasteiger charge is -2.18. The molecule has 4 heterocycles. The van der Waals surface area contributed by atoms with Crippen molar-refractivity contribution < 1.29 is 74.9 Å². The number of amides is 3. The summed E-state index contributed by atoms with van der Waals surface area (Å²) in [7, 11) is 3.10. The van der Waals surface area contributed by atoms with Crippen molar-refractivity contribution in [3.63, 3.8) is 0 Å². The second-order valence-electron chi connectivity index (χ2n) is 13.7. The molecule has 0 bridgehead atoms. The van der Waals surface area contributed by atoms with E-state index in [1.807, 2.05) is 7.05 Å². The minimum atomic E-state index is -2.28. The lowest BCUT2D eigenvalue weighted by atomic mass is 9.79. The van der Waals surface area contributed by atoms with Gasteiger partial charge in [0.1, 0.15) is 12.6 Å². The molecule has 4 aliphatic rings. The van der Waals surface area contributed by atoms with Crippen molar-refractivity contribution in [2.24, 2.45) is 0 Å². The third-order valence-corrected chi connectivity index (χ3v) is 9.77. The standard InChI is InChI=1S/C15H13F5N2O4.C9H10BNO3.C8H7BO3.C6H11NO/c1-21-6(5-10(25)26-22-8(23)2-3-9(22)24)4-7-11(16)13(18)15(20)14(19)12(7)17;1-11-9(12)6-2-3-7-5-14-10(13)8(7)4-6;10-4-6-1-2-7-5-12-9(11)8(7)3-6;1-7-4-2-3-6(7)5-8/h6,21H,2-5H2,1H3;2-4,13H,5H2,1H3,(H,11,12);1-4,11H,5H2;5-6H,2-4H2,1H3. The highest BCUT2D eigenvalue weighted by molar-refractivity contribution is 6.62. The van der Waals surface area contributed by atoms with E-state index in [1.54, 1.807) is 43.4 Å². The van der Waals surface area contributed by atoms with Crippen LogP contribution in [0.2, 0.25) is 0 Å². The number of hydrogen-bond donors (Lipinski definition) is 4. The summed E-state index contributed by atoms with van der Waals surface area (Å²) in [6, 6.07) is 9.49. The van der Waals surface area contributed by atoms with Crippen LogP contribution in [0.4, 0.5) is 22.0 Å². The molecule has 2 saturated heterocycles. The van der Waals surface area contributed by atoms with Gasteiger partial charge in [-0.25, -0.2) is 26.7 Å². The fourth-order valence-corrected chi connectivity index (χ4v) is 6.27. The maximum absolute atomic E-state index is 13.7. The summed E-state index contributed by atoms with van der Waals surface area (Å²) in [6.07, 6.45) is 2.48. The molecule has 0 radical (unpaired) electrons. The van der Waals surface area contributed by atoms with Crippen LogP contribution in [0.15, 0.2) is 36.4 Å². The van der Waals surface area contributed by atoms with Crippen molar-refractivity contribution in [3.8, 4) is 0 Å². The van der Waals surface area contributed by atoms with E-state index in [9.17, 15) is 60.8 Å². The van der Waals surface area contributed by atoms with Gasteiger partial charge >= 0.3 is 20.2 Å². The molecule has 2 fully saturated rings. The number of hydrogen-bond acceptors (Lipinski definition) is 13. The number of likely N-dealkylation sites (N-methyl/N-ethyl adjacent to an activating group) is 2. The quantitative estimate of drug-likeness (QED) is 0.0589. The zero-order valence-corrected chi connectivity index (χ0v) is 32.6. The van der Waals surface area contributed by atoms with Gasteiger partial charge in [-0.2, -0.15) is 0 Å². The van der Waals surface area contributed by atoms with Gasteiger partial charge < -0.3 is 39.6 Å². The predicted molar refractivity (Wildman–Crippen MR) is 203 cm³/mol. The molecule has 2 unspecified atom stereocenters. The maximum Gasteiger partial charge on any atom is 0.491 e. The highest BCUT2D eigenvalue weighted by Gasteiger charge is 2.34. The Morgan fingerprint density at radius 1 is 0.883 bits per heavy atom. The SMILES string of the molecule is CN1CCCC1C=O.CNC(=O)c1ccc2c(c1)B(O)OC2.CNC(CC(=O)ON1C(=O)CCC1=O)Cc1c(F)c(F)c(F)c(F)c1F.O=Cc1ccc2c(c1)B(O)OC2. The number of benzene rings is 3. The molecule has 22 heteroatoms. The van der Waals surface area contributed by atoms with Gasteiger partial charge in [0.2, 0.25) is 5.82 Å². The number of fused-ring (bicyclic) bond motifs is 2. The molecular weight excluding hydrogens is 805 g/mol. The van der Waals surface area contributed by atoms with Crippen molar-refractivity contribution in [1.82, 2.24) is 20.6 Å². The Bertz CT molecular complexity index is 2060. The third kappa shape index (κ3) is 11.7. The number of halogens is 5. The molecule has 3 aromatic carbocycles. The van der Waals surface area contributed by atoms with Gasteiger partial charge in [-0.3, -0.25) is 24.1 Å². The van der Waals surface area contributed by atoms with Crippen LogP contribution in [-0.2, 0) is 53.0 Å². The number of carbonyl (C=O) groups excluding carboxylic acids is 6.